The van der Waals surface area contributed by atoms with E-state index in [0.717, 1.165) is 43.1 Å². The first-order chi connectivity index (χ1) is 16.8. The van der Waals surface area contributed by atoms with Gasteiger partial charge in [0.2, 0.25) is 0 Å². The summed E-state index contributed by atoms with van der Waals surface area (Å²) >= 11 is 0. The van der Waals surface area contributed by atoms with Crippen LogP contribution in [0.1, 0.15) is 35.6 Å². The molecule has 2 heterocycles. The highest BCUT2D eigenvalue weighted by Gasteiger charge is 2.50. The zero-order valence-electron chi connectivity index (χ0n) is 19.3. The van der Waals surface area contributed by atoms with E-state index in [9.17, 15) is 14.3 Å². The third-order valence-electron chi connectivity index (χ3n) is 7.20. The number of benzene rings is 2. The molecule has 2 N–H and O–H groups in total. The second-order valence-corrected chi connectivity index (χ2v) is 9.55. The van der Waals surface area contributed by atoms with Crippen LogP contribution in [0.3, 0.4) is 0 Å². The molecule has 1 fully saturated rings. The minimum absolute atomic E-state index is 0.104. The van der Waals surface area contributed by atoms with E-state index in [-0.39, 0.29) is 49.7 Å². The van der Waals surface area contributed by atoms with Gasteiger partial charge in [-0.2, -0.15) is 8.78 Å². The molecule has 1 saturated heterocycles. The average Bonchev–Trinajstić information content (AvgIpc) is 3.53. The third-order valence-corrected chi connectivity index (χ3v) is 7.20. The van der Waals surface area contributed by atoms with Gasteiger partial charge in [0.05, 0.1) is 6.04 Å². The van der Waals surface area contributed by atoms with Gasteiger partial charge >= 0.3 is 5.92 Å². The molecule has 0 bridgehead atoms. The van der Waals surface area contributed by atoms with E-state index in [1.807, 2.05) is 4.90 Å². The number of alkyl halides is 2. The molecule has 0 radical (unpaired) electrons. The lowest BCUT2D eigenvalue weighted by Gasteiger charge is -2.31. The molecule has 2 aromatic carbocycles. The second kappa shape index (κ2) is 9.70. The molecule has 1 unspecified atom stereocenters. The molecule has 188 valence electrons. The highest BCUT2D eigenvalue weighted by atomic mass is 19.3. The van der Waals surface area contributed by atoms with Gasteiger partial charge in [-0.3, -0.25) is 4.79 Å². The molecule has 3 aliphatic rings. The van der Waals surface area contributed by atoms with E-state index in [0.29, 0.717) is 0 Å². The van der Waals surface area contributed by atoms with E-state index >= 15 is 8.78 Å². The van der Waals surface area contributed by atoms with E-state index in [1.165, 1.54) is 6.07 Å². The van der Waals surface area contributed by atoms with Crippen molar-refractivity contribution in [1.29, 1.82) is 0 Å². The molecular weight excluding hydrogens is 461 g/mol. The van der Waals surface area contributed by atoms with Gasteiger partial charge in [-0.25, -0.2) is 4.39 Å². The number of fused-ring (bicyclic) bond motifs is 2. The number of carbonyl (C=O) groups excluding carboxylic acids is 1. The second-order valence-electron chi connectivity index (χ2n) is 9.55. The summed E-state index contributed by atoms with van der Waals surface area (Å²) in [5.74, 6) is -6.52. The van der Waals surface area contributed by atoms with Crippen LogP contribution in [0.15, 0.2) is 36.4 Å². The highest BCUT2D eigenvalue weighted by molar-refractivity contribution is 5.84. The number of amides is 1. The first-order valence-corrected chi connectivity index (χ1v) is 12.1. The Kier molecular flexibility index (Phi) is 6.63. The van der Waals surface area contributed by atoms with Crippen molar-refractivity contribution in [1.82, 2.24) is 10.2 Å². The molecule has 0 spiro atoms. The van der Waals surface area contributed by atoms with Gasteiger partial charge in [-0.05, 0) is 56.0 Å². The first kappa shape index (κ1) is 23.9. The monoisotopic (exact) mass is 490 g/mol. The maximum Gasteiger partial charge on any atom is 0.327 e. The number of hydrogen-bond acceptors (Lipinski definition) is 5. The fourth-order valence-corrected chi connectivity index (χ4v) is 5.26. The summed E-state index contributed by atoms with van der Waals surface area (Å²) < 4.78 is 56.4. The number of aliphatic hydroxyl groups is 1. The zero-order valence-corrected chi connectivity index (χ0v) is 19.3. The fourth-order valence-electron chi connectivity index (χ4n) is 5.26. The van der Waals surface area contributed by atoms with Crippen molar-refractivity contribution in [2.45, 2.75) is 43.8 Å². The highest BCUT2D eigenvalue weighted by Crippen LogP contribution is 2.39. The summed E-state index contributed by atoms with van der Waals surface area (Å²) in [4.78, 5) is 14.9. The maximum absolute atomic E-state index is 15.3. The molecule has 1 aliphatic carbocycles. The Balaban J connectivity index is 1.36. The molecule has 0 aromatic heterocycles. The Morgan fingerprint density at radius 1 is 1.09 bits per heavy atom. The average molecular weight is 491 g/mol. The minimum Gasteiger partial charge on any atom is -0.486 e. The van der Waals surface area contributed by atoms with Crippen LogP contribution in [0, 0.1) is 11.7 Å². The molecule has 1 amide bonds. The van der Waals surface area contributed by atoms with Crippen molar-refractivity contribution in [3.8, 4) is 11.5 Å². The smallest absolute Gasteiger partial charge is 0.327 e. The van der Waals surface area contributed by atoms with Crippen molar-refractivity contribution >= 4 is 5.91 Å². The Hall–Kier alpha value is -2.78. The van der Waals surface area contributed by atoms with Gasteiger partial charge < -0.3 is 24.8 Å². The number of hydrogen-bond donors (Lipinski definition) is 2. The molecule has 0 saturated carbocycles. The van der Waals surface area contributed by atoms with Crippen LogP contribution < -0.4 is 14.8 Å². The molecule has 2 aromatic rings. The topological polar surface area (TPSA) is 71.0 Å². The number of likely N-dealkylation sites (tertiary alicyclic amines) is 1. The lowest BCUT2D eigenvalue weighted by molar-refractivity contribution is -0.155. The van der Waals surface area contributed by atoms with Crippen LogP contribution in [-0.2, 0) is 17.6 Å². The maximum atomic E-state index is 15.3. The Bertz CT molecular complexity index is 1070. The molecule has 35 heavy (non-hydrogen) atoms. The predicted molar refractivity (Wildman–Crippen MR) is 122 cm³/mol. The van der Waals surface area contributed by atoms with E-state index in [4.69, 9.17) is 9.47 Å². The van der Waals surface area contributed by atoms with E-state index in [2.05, 4.69) is 5.32 Å². The van der Waals surface area contributed by atoms with Crippen LogP contribution in [0.25, 0.3) is 0 Å². The van der Waals surface area contributed by atoms with Crippen LogP contribution in [0.5, 0.6) is 11.5 Å². The van der Waals surface area contributed by atoms with Crippen molar-refractivity contribution in [2.75, 3.05) is 32.8 Å². The predicted octanol–water partition coefficient (Wildman–Crippen LogP) is 3.26. The molecule has 2 aliphatic heterocycles. The van der Waals surface area contributed by atoms with Crippen LogP contribution >= 0.6 is 0 Å². The number of carbonyl (C=O) groups is 1. The van der Waals surface area contributed by atoms with Crippen molar-refractivity contribution in [3.05, 3.63) is 58.9 Å². The number of nitrogens with one attached hydrogen (secondary N) is 1. The number of ether oxygens (including phenoxy) is 2. The molecule has 2 atom stereocenters. The van der Waals surface area contributed by atoms with Crippen molar-refractivity contribution in [2.24, 2.45) is 5.92 Å². The van der Waals surface area contributed by atoms with Crippen LogP contribution in [0.4, 0.5) is 13.2 Å². The van der Waals surface area contributed by atoms with Gasteiger partial charge in [-0.15, -0.1) is 0 Å². The summed E-state index contributed by atoms with van der Waals surface area (Å²) in [5.41, 5.74) is 1.50. The largest absolute Gasteiger partial charge is 0.486 e. The lowest BCUT2D eigenvalue weighted by atomic mass is 9.95. The van der Waals surface area contributed by atoms with Gasteiger partial charge in [0.1, 0.15) is 25.1 Å². The number of halogens is 3. The zero-order chi connectivity index (χ0) is 24.6. The summed E-state index contributed by atoms with van der Waals surface area (Å²) in [5, 5.41) is 13.5. The Morgan fingerprint density at radius 3 is 2.31 bits per heavy atom. The molecule has 6 nitrogen and oxygen atoms in total. The lowest BCUT2D eigenvalue weighted by Crippen LogP contribution is -2.54. The van der Waals surface area contributed by atoms with Gasteiger partial charge in [0.25, 0.3) is 5.91 Å². The Morgan fingerprint density at radius 2 is 1.69 bits per heavy atom. The van der Waals surface area contributed by atoms with Crippen LogP contribution in [0.2, 0.25) is 0 Å². The van der Waals surface area contributed by atoms with Crippen molar-refractivity contribution in [3.63, 3.8) is 0 Å². The normalized spacial score (nSPS) is 19.9. The Labute approximate surface area is 202 Å². The van der Waals surface area contributed by atoms with Crippen molar-refractivity contribution < 1.29 is 32.5 Å². The summed E-state index contributed by atoms with van der Waals surface area (Å²) in [6.45, 7) is 2.12. The first-order valence-electron chi connectivity index (χ1n) is 12.1. The van der Waals surface area contributed by atoms with Gasteiger partial charge in [-0.1, -0.05) is 24.3 Å². The summed E-state index contributed by atoms with van der Waals surface area (Å²) in [7, 11) is 0. The molecule has 5 rings (SSSR count). The van der Waals surface area contributed by atoms with Gasteiger partial charge in [0.15, 0.2) is 11.5 Å². The summed E-state index contributed by atoms with van der Waals surface area (Å²) in [6.07, 6.45) is 0.531. The van der Waals surface area contributed by atoms with E-state index < -0.39 is 35.7 Å². The van der Waals surface area contributed by atoms with Crippen LogP contribution in [-0.4, -0.2) is 60.7 Å². The number of aliphatic hydroxyl groups excluding tert-OH is 1. The SMILES string of the molecule is O=C(N[C@H](CN1CCCC1)C(O)c1cc2c(cc1F)OCCO2)C(F)(F)C1Cc2ccccc2C1. The number of nitrogens with zero attached hydrogens (tertiary/aromatic N) is 1. The van der Waals surface area contributed by atoms with Gasteiger partial charge in [0, 0.05) is 24.1 Å². The number of rotatable bonds is 7. The minimum atomic E-state index is -3.65. The fraction of sp³-hybridized carbons (Fsp3) is 0.500. The summed E-state index contributed by atoms with van der Waals surface area (Å²) in [6, 6.07) is 8.50. The van der Waals surface area contributed by atoms with E-state index in [1.54, 1.807) is 24.3 Å². The quantitative estimate of drug-likeness (QED) is 0.624. The molecule has 9 heteroatoms. The standard InChI is InChI=1S/C26H29F3N2O4/c27-20-14-23-22(34-9-10-35-23)13-19(20)24(32)21(15-31-7-3-4-8-31)30-25(33)26(28,29)18-11-16-5-1-2-6-17(16)12-18/h1-2,5-6,13-14,18,21,24,32H,3-4,7-12,15H2,(H,30,33)/t21-,24?/m1/s1. The molecular formula is C26H29F3N2O4. The third kappa shape index (κ3) is 4.84.